The van der Waals surface area contributed by atoms with E-state index in [4.69, 9.17) is 0 Å². The lowest BCUT2D eigenvalue weighted by atomic mass is 10.2. The van der Waals surface area contributed by atoms with Crippen molar-refractivity contribution in [3.05, 3.63) is 48.5 Å². The summed E-state index contributed by atoms with van der Waals surface area (Å²) in [4.78, 5) is 0. The molecule has 23 heavy (non-hydrogen) atoms. The molecule has 0 aliphatic heterocycles. The second kappa shape index (κ2) is 9.41. The van der Waals surface area contributed by atoms with Crippen molar-refractivity contribution in [3.63, 3.8) is 0 Å². The van der Waals surface area contributed by atoms with Crippen LogP contribution in [0, 0.1) is 0 Å². The molecule has 1 N–H and O–H groups in total. The highest BCUT2D eigenvalue weighted by molar-refractivity contribution is 7.66. The summed E-state index contributed by atoms with van der Waals surface area (Å²) in [6, 6.07) is 17.8. The minimum Gasteiger partial charge on any atom is -0.354 e. The summed E-state index contributed by atoms with van der Waals surface area (Å²) in [6.45, 7) is 9.25. The summed E-state index contributed by atoms with van der Waals surface area (Å²) in [5.41, 5.74) is 2.61. The molecule has 0 aliphatic rings. The number of rotatable bonds is 8. The Labute approximate surface area is 144 Å². The average molecular weight is 345 g/mol. The van der Waals surface area contributed by atoms with Gasteiger partial charge >= 0.3 is 0 Å². The Morgan fingerprint density at radius 1 is 0.609 bits per heavy atom. The first-order valence-electron chi connectivity index (χ1n) is 8.70. The maximum absolute atomic E-state index is 3.77. The topological polar surface area (TPSA) is 12.0 Å². The van der Waals surface area contributed by atoms with Gasteiger partial charge in [-0.2, -0.15) is 0 Å². The maximum Gasteiger partial charge on any atom is 0.0462 e. The zero-order chi connectivity index (χ0) is 16.7. The van der Waals surface area contributed by atoms with Crippen LogP contribution in [0.4, 0.5) is 11.4 Å². The first-order valence-corrected chi connectivity index (χ1v) is 12.1. The van der Waals surface area contributed by atoms with E-state index in [-0.39, 0.29) is 15.8 Å². The molecule has 2 aromatic rings. The third-order valence-corrected chi connectivity index (χ3v) is 9.48. The number of hydrogen-bond acceptors (Lipinski definition) is 1. The SMILES string of the molecule is CCP(CC)c1ccccc1Nc1ccccc1P(CC)CC. The van der Waals surface area contributed by atoms with Crippen LogP contribution in [-0.4, -0.2) is 24.6 Å². The largest absolute Gasteiger partial charge is 0.354 e. The summed E-state index contributed by atoms with van der Waals surface area (Å²) >= 11 is 0. The number of hydrogen-bond donors (Lipinski definition) is 1. The number of benzene rings is 2. The fraction of sp³-hybridized carbons (Fsp3) is 0.400. The smallest absolute Gasteiger partial charge is 0.0462 e. The van der Waals surface area contributed by atoms with E-state index in [9.17, 15) is 0 Å². The minimum atomic E-state index is -0.0577. The van der Waals surface area contributed by atoms with Crippen LogP contribution < -0.4 is 15.9 Å². The van der Waals surface area contributed by atoms with Crippen LogP contribution in [0.1, 0.15) is 27.7 Å². The second-order valence-corrected chi connectivity index (χ2v) is 11.2. The number of anilines is 2. The lowest BCUT2D eigenvalue weighted by molar-refractivity contribution is 1.42. The van der Waals surface area contributed by atoms with Gasteiger partial charge in [-0.05, 0) is 47.4 Å². The zero-order valence-electron chi connectivity index (χ0n) is 14.8. The Morgan fingerprint density at radius 2 is 0.957 bits per heavy atom. The highest BCUT2D eigenvalue weighted by Gasteiger charge is 2.14. The van der Waals surface area contributed by atoms with Crippen molar-refractivity contribution in [1.82, 2.24) is 0 Å². The molecule has 0 atom stereocenters. The molecule has 2 aromatic carbocycles. The molecular weight excluding hydrogens is 316 g/mol. The van der Waals surface area contributed by atoms with Gasteiger partial charge in [0.05, 0.1) is 0 Å². The lowest BCUT2D eigenvalue weighted by Crippen LogP contribution is -2.15. The van der Waals surface area contributed by atoms with E-state index >= 15 is 0 Å². The maximum atomic E-state index is 3.77. The van der Waals surface area contributed by atoms with E-state index in [1.54, 1.807) is 0 Å². The van der Waals surface area contributed by atoms with Gasteiger partial charge in [0.2, 0.25) is 0 Å². The lowest BCUT2D eigenvalue weighted by Gasteiger charge is -2.22. The minimum absolute atomic E-state index is 0.0577. The van der Waals surface area contributed by atoms with Crippen molar-refractivity contribution in [2.75, 3.05) is 30.0 Å². The van der Waals surface area contributed by atoms with Gasteiger partial charge in [0.25, 0.3) is 0 Å². The van der Waals surface area contributed by atoms with Gasteiger partial charge < -0.3 is 5.32 Å². The van der Waals surface area contributed by atoms with E-state index in [1.807, 2.05) is 0 Å². The van der Waals surface area contributed by atoms with Gasteiger partial charge in [-0.1, -0.05) is 79.9 Å². The third-order valence-electron chi connectivity index (χ3n) is 4.29. The van der Waals surface area contributed by atoms with Crippen LogP contribution in [0.5, 0.6) is 0 Å². The van der Waals surface area contributed by atoms with Crippen LogP contribution in [0.25, 0.3) is 0 Å². The second-order valence-electron chi connectivity index (χ2n) is 5.50. The molecule has 0 radical (unpaired) electrons. The molecule has 124 valence electrons. The summed E-state index contributed by atoms with van der Waals surface area (Å²) in [7, 11) is -0.115. The van der Waals surface area contributed by atoms with Gasteiger partial charge in [0, 0.05) is 11.4 Å². The highest BCUT2D eigenvalue weighted by Crippen LogP contribution is 2.39. The normalized spacial score (nSPS) is 11.2. The van der Waals surface area contributed by atoms with Crippen molar-refractivity contribution in [2.45, 2.75) is 27.7 Å². The zero-order valence-corrected chi connectivity index (χ0v) is 16.6. The molecule has 0 amide bonds. The van der Waals surface area contributed by atoms with Crippen LogP contribution >= 0.6 is 15.8 Å². The van der Waals surface area contributed by atoms with Gasteiger partial charge in [-0.25, -0.2) is 0 Å². The first kappa shape index (κ1) is 18.4. The van der Waals surface area contributed by atoms with Crippen molar-refractivity contribution in [2.24, 2.45) is 0 Å². The van der Waals surface area contributed by atoms with Gasteiger partial charge in [-0.15, -0.1) is 0 Å². The molecule has 0 bridgehead atoms. The quantitative estimate of drug-likeness (QED) is 0.603. The van der Waals surface area contributed by atoms with Crippen molar-refractivity contribution < 1.29 is 0 Å². The Morgan fingerprint density at radius 3 is 1.30 bits per heavy atom. The molecule has 0 spiro atoms. The fourth-order valence-corrected chi connectivity index (χ4v) is 6.78. The third kappa shape index (κ3) is 4.56. The molecule has 0 unspecified atom stereocenters. The molecule has 0 heterocycles. The van der Waals surface area contributed by atoms with Gasteiger partial charge in [0.1, 0.15) is 0 Å². The van der Waals surface area contributed by atoms with E-state index in [0.29, 0.717) is 0 Å². The highest BCUT2D eigenvalue weighted by atomic mass is 31.1. The van der Waals surface area contributed by atoms with Gasteiger partial charge in [-0.3, -0.25) is 0 Å². The molecule has 0 saturated heterocycles. The molecule has 1 nitrogen and oxygen atoms in total. The monoisotopic (exact) mass is 345 g/mol. The van der Waals surface area contributed by atoms with Crippen LogP contribution in [0.15, 0.2) is 48.5 Å². The molecule has 0 saturated carbocycles. The van der Waals surface area contributed by atoms with Crippen molar-refractivity contribution in [3.8, 4) is 0 Å². The predicted octanol–water partition coefficient (Wildman–Crippen LogP) is 5.72. The standard InChI is InChI=1S/C20H29NP2/c1-5-22(6-2)19-15-11-9-13-17(19)21-18-14-10-12-16-20(18)23(7-3)8-4/h9-16,21H,5-8H2,1-4H3. The van der Waals surface area contributed by atoms with Crippen LogP contribution in [-0.2, 0) is 0 Å². The predicted molar refractivity (Wildman–Crippen MR) is 111 cm³/mol. The molecule has 3 heteroatoms. The fourth-order valence-electron chi connectivity index (χ4n) is 2.98. The molecule has 0 aliphatic carbocycles. The van der Waals surface area contributed by atoms with E-state index in [1.165, 1.54) is 46.6 Å². The Kier molecular flexibility index (Phi) is 7.54. The Hall–Kier alpha value is -0.900. The van der Waals surface area contributed by atoms with E-state index in [0.717, 1.165) is 0 Å². The molecule has 0 fully saturated rings. The first-order chi connectivity index (χ1) is 11.2. The van der Waals surface area contributed by atoms with E-state index < -0.39 is 0 Å². The molecule has 2 rings (SSSR count). The number of nitrogens with one attached hydrogen (secondary N) is 1. The Bertz CT molecular complexity index is 551. The average Bonchev–Trinajstić information content (AvgIpc) is 2.60. The van der Waals surface area contributed by atoms with Crippen molar-refractivity contribution in [1.29, 1.82) is 0 Å². The molecule has 0 aromatic heterocycles. The summed E-state index contributed by atoms with van der Waals surface area (Å²) < 4.78 is 0. The summed E-state index contributed by atoms with van der Waals surface area (Å²) in [6.07, 6.45) is 5.01. The van der Waals surface area contributed by atoms with Crippen LogP contribution in [0.2, 0.25) is 0 Å². The van der Waals surface area contributed by atoms with Crippen molar-refractivity contribution >= 4 is 37.8 Å². The summed E-state index contributed by atoms with van der Waals surface area (Å²) in [5, 5.41) is 6.80. The Balaban J connectivity index is 2.37. The van der Waals surface area contributed by atoms with Gasteiger partial charge in [0.15, 0.2) is 0 Å². The molecular formula is C20H29NP2. The van der Waals surface area contributed by atoms with Crippen LogP contribution in [0.3, 0.4) is 0 Å². The van der Waals surface area contributed by atoms with E-state index in [2.05, 4.69) is 81.5 Å². The summed E-state index contributed by atoms with van der Waals surface area (Å²) in [5.74, 6) is 0. The number of para-hydroxylation sites is 2.